The molecule has 2 heterocycles. The molecule has 3 nitrogen and oxygen atoms in total. The van der Waals surface area contributed by atoms with E-state index in [9.17, 15) is 0 Å². The number of nitrogens with one attached hydrogen (secondary N) is 1. The number of nitrogens with zero attached hydrogens (tertiary/aromatic N) is 2. The van der Waals surface area contributed by atoms with Crippen molar-refractivity contribution >= 4 is 0 Å². The Bertz CT molecular complexity index is 259. The molecule has 2 fully saturated rings. The van der Waals surface area contributed by atoms with E-state index in [0.29, 0.717) is 0 Å². The van der Waals surface area contributed by atoms with Crippen molar-refractivity contribution in [1.29, 1.82) is 0 Å². The lowest BCUT2D eigenvalue weighted by molar-refractivity contribution is 0.135. The van der Waals surface area contributed by atoms with E-state index in [2.05, 4.69) is 42.9 Å². The Morgan fingerprint density at radius 3 is 2.37 bits per heavy atom. The van der Waals surface area contributed by atoms with Crippen LogP contribution < -0.4 is 5.32 Å². The largest absolute Gasteiger partial charge is 0.311 e. The van der Waals surface area contributed by atoms with Crippen LogP contribution in [0.2, 0.25) is 0 Å². The molecule has 0 aromatic carbocycles. The molecule has 1 N–H and O–H groups in total. The van der Waals surface area contributed by atoms with Crippen LogP contribution in [0.15, 0.2) is 0 Å². The zero-order chi connectivity index (χ0) is 13.8. The first-order valence-electron chi connectivity index (χ1n) is 8.21. The molecule has 0 amide bonds. The van der Waals surface area contributed by atoms with Crippen LogP contribution in [-0.2, 0) is 0 Å². The van der Waals surface area contributed by atoms with Gasteiger partial charge in [0.15, 0.2) is 0 Å². The Morgan fingerprint density at radius 2 is 1.79 bits per heavy atom. The van der Waals surface area contributed by atoms with Gasteiger partial charge in [0, 0.05) is 25.2 Å². The summed E-state index contributed by atoms with van der Waals surface area (Å²) in [5, 5.41) is 3.95. The van der Waals surface area contributed by atoms with Crippen LogP contribution in [0.5, 0.6) is 0 Å². The van der Waals surface area contributed by atoms with Gasteiger partial charge in [-0.3, -0.25) is 0 Å². The molecule has 0 spiro atoms. The van der Waals surface area contributed by atoms with Crippen LogP contribution in [-0.4, -0.2) is 61.7 Å². The number of hydrogen-bond donors (Lipinski definition) is 1. The topological polar surface area (TPSA) is 18.5 Å². The Morgan fingerprint density at radius 1 is 1.11 bits per heavy atom. The van der Waals surface area contributed by atoms with E-state index in [-0.39, 0.29) is 0 Å². The second kappa shape index (κ2) is 7.05. The summed E-state index contributed by atoms with van der Waals surface area (Å²) in [4.78, 5) is 5.11. The first-order valence-corrected chi connectivity index (χ1v) is 8.21. The maximum atomic E-state index is 3.95. The van der Waals surface area contributed by atoms with Crippen LogP contribution in [0.25, 0.3) is 0 Å². The van der Waals surface area contributed by atoms with Crippen LogP contribution in [0.3, 0.4) is 0 Å². The normalized spacial score (nSPS) is 32.1. The van der Waals surface area contributed by atoms with E-state index < -0.39 is 0 Å². The van der Waals surface area contributed by atoms with E-state index in [1.165, 1.54) is 52.0 Å². The third-order valence-electron chi connectivity index (χ3n) is 4.77. The van der Waals surface area contributed by atoms with Gasteiger partial charge >= 0.3 is 0 Å². The van der Waals surface area contributed by atoms with Gasteiger partial charge in [0.1, 0.15) is 0 Å². The fourth-order valence-corrected chi connectivity index (χ4v) is 3.70. The summed E-state index contributed by atoms with van der Waals surface area (Å²) in [6.45, 7) is 13.4. The second-order valence-corrected chi connectivity index (χ2v) is 7.27. The number of hydrogen-bond acceptors (Lipinski definition) is 3. The molecule has 0 aromatic heterocycles. The van der Waals surface area contributed by atoms with Gasteiger partial charge in [-0.2, -0.15) is 0 Å². The first kappa shape index (κ1) is 15.3. The summed E-state index contributed by atoms with van der Waals surface area (Å²) >= 11 is 0. The van der Waals surface area contributed by atoms with Gasteiger partial charge in [-0.05, 0) is 57.8 Å². The fraction of sp³-hybridized carbons (Fsp3) is 1.00. The molecule has 2 aliphatic heterocycles. The molecule has 0 radical (unpaired) electrons. The molecule has 0 aliphatic carbocycles. The van der Waals surface area contributed by atoms with E-state index in [1.807, 2.05) is 0 Å². The molecular weight excluding hydrogens is 234 g/mol. The average molecular weight is 267 g/mol. The Kier molecular flexibility index (Phi) is 5.67. The molecular formula is C16H33N3. The molecule has 2 unspecified atom stereocenters. The van der Waals surface area contributed by atoms with Crippen LogP contribution >= 0.6 is 0 Å². The zero-order valence-electron chi connectivity index (χ0n) is 13.4. The van der Waals surface area contributed by atoms with Gasteiger partial charge < -0.3 is 15.1 Å². The molecule has 112 valence electrons. The average Bonchev–Trinajstić information content (AvgIpc) is 2.34. The van der Waals surface area contributed by atoms with Gasteiger partial charge in [-0.25, -0.2) is 0 Å². The highest BCUT2D eigenvalue weighted by atomic mass is 15.2. The highest BCUT2D eigenvalue weighted by molar-refractivity contribution is 4.86. The minimum absolute atomic E-state index is 0.748. The number of piperidine rings is 2. The molecule has 2 rings (SSSR count). The summed E-state index contributed by atoms with van der Waals surface area (Å²) in [6.07, 6.45) is 4.00. The van der Waals surface area contributed by atoms with E-state index in [4.69, 9.17) is 0 Å². The highest BCUT2D eigenvalue weighted by Gasteiger charge is 2.27. The summed E-state index contributed by atoms with van der Waals surface area (Å²) < 4.78 is 0. The Labute approximate surface area is 119 Å². The van der Waals surface area contributed by atoms with Gasteiger partial charge in [0.25, 0.3) is 0 Å². The SMILES string of the molecule is CC(C)CN1CCC(NC2CCN(C)CC2C)CC1. The van der Waals surface area contributed by atoms with E-state index >= 15 is 0 Å². The van der Waals surface area contributed by atoms with Gasteiger partial charge in [-0.15, -0.1) is 0 Å². The zero-order valence-corrected chi connectivity index (χ0v) is 13.4. The predicted molar refractivity (Wildman–Crippen MR) is 82.5 cm³/mol. The molecule has 2 saturated heterocycles. The van der Waals surface area contributed by atoms with Crippen molar-refractivity contribution in [2.45, 2.75) is 52.1 Å². The highest BCUT2D eigenvalue weighted by Crippen LogP contribution is 2.19. The maximum absolute atomic E-state index is 3.95. The smallest absolute Gasteiger partial charge is 0.0120 e. The van der Waals surface area contributed by atoms with Crippen molar-refractivity contribution in [1.82, 2.24) is 15.1 Å². The third-order valence-corrected chi connectivity index (χ3v) is 4.77. The molecule has 0 aromatic rings. The van der Waals surface area contributed by atoms with Crippen LogP contribution in [0.4, 0.5) is 0 Å². The molecule has 0 saturated carbocycles. The molecule has 3 heteroatoms. The molecule has 19 heavy (non-hydrogen) atoms. The van der Waals surface area contributed by atoms with Crippen LogP contribution in [0, 0.1) is 11.8 Å². The first-order chi connectivity index (χ1) is 9.04. The van der Waals surface area contributed by atoms with Crippen LogP contribution in [0.1, 0.15) is 40.0 Å². The minimum atomic E-state index is 0.748. The van der Waals surface area contributed by atoms with Crippen molar-refractivity contribution in [3.8, 4) is 0 Å². The third kappa shape index (κ3) is 4.73. The minimum Gasteiger partial charge on any atom is -0.311 e. The summed E-state index contributed by atoms with van der Waals surface area (Å²) in [5.74, 6) is 1.60. The lowest BCUT2D eigenvalue weighted by Gasteiger charge is -2.40. The van der Waals surface area contributed by atoms with Crippen molar-refractivity contribution in [3.63, 3.8) is 0 Å². The molecule has 2 aliphatic rings. The van der Waals surface area contributed by atoms with E-state index in [0.717, 1.165) is 23.9 Å². The lowest BCUT2D eigenvalue weighted by atomic mass is 9.92. The predicted octanol–water partition coefficient (Wildman–Crippen LogP) is 2.04. The van der Waals surface area contributed by atoms with E-state index in [1.54, 1.807) is 0 Å². The van der Waals surface area contributed by atoms with Gasteiger partial charge in [-0.1, -0.05) is 20.8 Å². The Balaban J connectivity index is 1.70. The van der Waals surface area contributed by atoms with Crippen molar-refractivity contribution in [3.05, 3.63) is 0 Å². The maximum Gasteiger partial charge on any atom is 0.0120 e. The Hall–Kier alpha value is -0.120. The monoisotopic (exact) mass is 267 g/mol. The van der Waals surface area contributed by atoms with Gasteiger partial charge in [0.2, 0.25) is 0 Å². The number of likely N-dealkylation sites (tertiary alicyclic amines) is 2. The number of rotatable bonds is 4. The van der Waals surface area contributed by atoms with Gasteiger partial charge in [0.05, 0.1) is 0 Å². The van der Waals surface area contributed by atoms with Crippen molar-refractivity contribution < 1.29 is 0 Å². The standard InChI is InChI=1S/C16H33N3/c1-13(2)11-19-9-5-15(6-10-19)17-16-7-8-18(4)12-14(16)3/h13-17H,5-12H2,1-4H3. The quantitative estimate of drug-likeness (QED) is 0.841. The fourth-order valence-electron chi connectivity index (χ4n) is 3.70. The summed E-state index contributed by atoms with van der Waals surface area (Å²) in [5.41, 5.74) is 0. The molecule has 2 atom stereocenters. The van der Waals surface area contributed by atoms with Crippen molar-refractivity contribution in [2.75, 3.05) is 39.8 Å². The lowest BCUT2D eigenvalue weighted by Crippen LogP contribution is -2.53. The summed E-state index contributed by atoms with van der Waals surface area (Å²) in [7, 11) is 2.25. The summed E-state index contributed by atoms with van der Waals surface area (Å²) in [6, 6.07) is 1.51. The van der Waals surface area contributed by atoms with Crippen molar-refractivity contribution in [2.24, 2.45) is 11.8 Å². The second-order valence-electron chi connectivity index (χ2n) is 7.27. The molecule has 0 bridgehead atoms.